The fraction of sp³-hybridized carbons (Fsp3) is 0.286. The van der Waals surface area contributed by atoms with Crippen LogP contribution in [-0.4, -0.2) is 16.1 Å². The molecule has 0 saturated carbocycles. The van der Waals surface area contributed by atoms with Gasteiger partial charge in [0.1, 0.15) is 0 Å². The zero-order chi connectivity index (χ0) is 9.14. The molecule has 0 aliphatic carbocycles. The minimum absolute atomic E-state index is 0.301. The van der Waals surface area contributed by atoms with E-state index in [2.05, 4.69) is 10.2 Å². The molecule has 5 heteroatoms. The number of halogens is 1. The lowest BCUT2D eigenvalue weighted by Crippen LogP contribution is -2.19. The Morgan fingerprint density at radius 2 is 2.25 bits per heavy atom. The highest BCUT2D eigenvalue weighted by Crippen LogP contribution is 2.11. The highest BCUT2D eigenvalue weighted by Gasteiger charge is 2.12. The van der Waals surface area contributed by atoms with Gasteiger partial charge in [-0.25, -0.2) is 0 Å². The standard InChI is InChI=1S/C7H8ClN3O/c1-4(7(9)12)5-2-3-6(8)11-10-5/h2-4H,1H3,(H2,9,12). The first-order chi connectivity index (χ1) is 5.61. The summed E-state index contributed by atoms with van der Waals surface area (Å²) in [5, 5.41) is 7.61. The van der Waals surface area contributed by atoms with Gasteiger partial charge < -0.3 is 5.73 Å². The Labute approximate surface area is 74.7 Å². The van der Waals surface area contributed by atoms with Gasteiger partial charge in [-0.15, -0.1) is 5.10 Å². The fourth-order valence-electron chi connectivity index (χ4n) is 0.703. The third-order valence-corrected chi connectivity index (χ3v) is 1.72. The molecule has 1 amide bonds. The van der Waals surface area contributed by atoms with Gasteiger partial charge in [0, 0.05) is 0 Å². The highest BCUT2D eigenvalue weighted by molar-refractivity contribution is 6.29. The van der Waals surface area contributed by atoms with Crippen molar-refractivity contribution in [2.75, 3.05) is 0 Å². The first-order valence-corrected chi connectivity index (χ1v) is 3.77. The summed E-state index contributed by atoms with van der Waals surface area (Å²) in [5.41, 5.74) is 5.60. The number of amides is 1. The topological polar surface area (TPSA) is 68.9 Å². The summed E-state index contributed by atoms with van der Waals surface area (Å²) in [5.74, 6) is -0.846. The van der Waals surface area contributed by atoms with E-state index in [9.17, 15) is 4.79 Å². The van der Waals surface area contributed by atoms with E-state index in [-0.39, 0.29) is 0 Å². The number of hydrogen-bond donors (Lipinski definition) is 1. The molecule has 1 atom stereocenters. The average molecular weight is 186 g/mol. The fourth-order valence-corrected chi connectivity index (χ4v) is 0.804. The normalized spacial score (nSPS) is 12.5. The van der Waals surface area contributed by atoms with Crippen molar-refractivity contribution in [3.8, 4) is 0 Å². The van der Waals surface area contributed by atoms with Crippen molar-refractivity contribution in [2.24, 2.45) is 5.73 Å². The first-order valence-electron chi connectivity index (χ1n) is 3.39. The van der Waals surface area contributed by atoms with Crippen LogP contribution >= 0.6 is 11.6 Å². The number of aromatic nitrogens is 2. The summed E-state index contributed by atoms with van der Waals surface area (Å²) in [6, 6.07) is 3.20. The number of nitrogens with two attached hydrogens (primary N) is 1. The molecule has 2 N–H and O–H groups in total. The SMILES string of the molecule is CC(C(N)=O)c1ccc(Cl)nn1. The van der Waals surface area contributed by atoms with Crippen LogP contribution in [0.1, 0.15) is 18.5 Å². The lowest BCUT2D eigenvalue weighted by molar-refractivity contribution is -0.119. The molecule has 1 rings (SSSR count). The highest BCUT2D eigenvalue weighted by atomic mass is 35.5. The van der Waals surface area contributed by atoms with Crippen LogP contribution in [0.4, 0.5) is 0 Å². The average Bonchev–Trinajstić information content (AvgIpc) is 2.04. The number of carbonyl (C=O) groups excluding carboxylic acids is 1. The minimum atomic E-state index is -0.424. The molecule has 0 spiro atoms. The van der Waals surface area contributed by atoms with E-state index in [1.165, 1.54) is 0 Å². The Bertz CT molecular complexity index is 285. The van der Waals surface area contributed by atoms with E-state index in [0.29, 0.717) is 10.8 Å². The molecule has 0 aromatic carbocycles. The van der Waals surface area contributed by atoms with Crippen LogP contribution in [0, 0.1) is 0 Å². The predicted octanol–water partition coefficient (Wildman–Crippen LogP) is 0.719. The van der Waals surface area contributed by atoms with Gasteiger partial charge in [-0.05, 0) is 19.1 Å². The van der Waals surface area contributed by atoms with E-state index in [0.717, 1.165) is 0 Å². The molecule has 1 aromatic rings. The van der Waals surface area contributed by atoms with Gasteiger partial charge in [0.15, 0.2) is 5.15 Å². The molecule has 12 heavy (non-hydrogen) atoms. The number of rotatable bonds is 2. The smallest absolute Gasteiger partial charge is 0.226 e. The quantitative estimate of drug-likeness (QED) is 0.738. The van der Waals surface area contributed by atoms with Crippen molar-refractivity contribution in [2.45, 2.75) is 12.8 Å². The maximum absolute atomic E-state index is 10.7. The Hall–Kier alpha value is -1.16. The van der Waals surface area contributed by atoms with Crippen molar-refractivity contribution in [3.63, 3.8) is 0 Å². The molecule has 1 aromatic heterocycles. The van der Waals surface area contributed by atoms with Crippen LogP contribution < -0.4 is 5.73 Å². The number of primary amides is 1. The van der Waals surface area contributed by atoms with Crippen molar-refractivity contribution in [1.82, 2.24) is 10.2 Å². The Kier molecular flexibility index (Phi) is 2.60. The van der Waals surface area contributed by atoms with Gasteiger partial charge in [-0.3, -0.25) is 4.79 Å². The number of nitrogens with zero attached hydrogens (tertiary/aromatic N) is 2. The number of hydrogen-bond acceptors (Lipinski definition) is 3. The number of carbonyl (C=O) groups is 1. The van der Waals surface area contributed by atoms with Gasteiger partial charge in [-0.1, -0.05) is 11.6 Å². The molecule has 0 saturated heterocycles. The third-order valence-electron chi connectivity index (χ3n) is 1.52. The van der Waals surface area contributed by atoms with Gasteiger partial charge in [-0.2, -0.15) is 5.10 Å². The van der Waals surface area contributed by atoms with E-state index < -0.39 is 11.8 Å². The molecule has 0 aliphatic rings. The molecule has 0 radical (unpaired) electrons. The minimum Gasteiger partial charge on any atom is -0.369 e. The molecule has 0 bridgehead atoms. The second kappa shape index (κ2) is 3.49. The van der Waals surface area contributed by atoms with E-state index in [1.54, 1.807) is 19.1 Å². The summed E-state index contributed by atoms with van der Waals surface area (Å²) in [6.45, 7) is 1.67. The lowest BCUT2D eigenvalue weighted by Gasteiger charge is -2.03. The summed E-state index contributed by atoms with van der Waals surface area (Å²) in [7, 11) is 0. The first kappa shape index (κ1) is 8.93. The van der Waals surface area contributed by atoms with Crippen molar-refractivity contribution >= 4 is 17.5 Å². The van der Waals surface area contributed by atoms with Crippen LogP contribution in [0.5, 0.6) is 0 Å². The Balaban J connectivity index is 2.89. The zero-order valence-corrected chi connectivity index (χ0v) is 7.25. The van der Waals surface area contributed by atoms with Crippen LogP contribution in [0.25, 0.3) is 0 Å². The largest absolute Gasteiger partial charge is 0.369 e. The molecular weight excluding hydrogens is 178 g/mol. The summed E-state index contributed by atoms with van der Waals surface area (Å²) in [4.78, 5) is 10.7. The van der Waals surface area contributed by atoms with E-state index in [4.69, 9.17) is 17.3 Å². The zero-order valence-electron chi connectivity index (χ0n) is 6.49. The van der Waals surface area contributed by atoms with E-state index >= 15 is 0 Å². The molecule has 0 fully saturated rings. The molecule has 1 heterocycles. The Morgan fingerprint density at radius 3 is 2.67 bits per heavy atom. The van der Waals surface area contributed by atoms with Gasteiger partial charge in [0.25, 0.3) is 0 Å². The van der Waals surface area contributed by atoms with Crippen molar-refractivity contribution in [1.29, 1.82) is 0 Å². The summed E-state index contributed by atoms with van der Waals surface area (Å²) >= 11 is 5.51. The molecular formula is C7H8ClN3O. The third kappa shape index (κ3) is 1.92. The molecule has 1 unspecified atom stereocenters. The monoisotopic (exact) mass is 185 g/mol. The summed E-state index contributed by atoms with van der Waals surface area (Å²) < 4.78 is 0. The van der Waals surface area contributed by atoms with Crippen LogP contribution in [0.3, 0.4) is 0 Å². The maximum atomic E-state index is 10.7. The van der Waals surface area contributed by atoms with Crippen LogP contribution in [-0.2, 0) is 4.79 Å². The molecule has 4 nitrogen and oxygen atoms in total. The van der Waals surface area contributed by atoms with Crippen LogP contribution in [0.15, 0.2) is 12.1 Å². The van der Waals surface area contributed by atoms with Crippen LogP contribution in [0.2, 0.25) is 5.15 Å². The summed E-state index contributed by atoms with van der Waals surface area (Å²) in [6.07, 6.45) is 0. The second-order valence-electron chi connectivity index (χ2n) is 2.40. The maximum Gasteiger partial charge on any atom is 0.226 e. The Morgan fingerprint density at radius 1 is 1.58 bits per heavy atom. The predicted molar refractivity (Wildman–Crippen MR) is 44.7 cm³/mol. The van der Waals surface area contributed by atoms with Gasteiger partial charge in [0.2, 0.25) is 5.91 Å². The molecule has 64 valence electrons. The van der Waals surface area contributed by atoms with Gasteiger partial charge in [0.05, 0.1) is 11.6 Å². The molecule has 0 aliphatic heterocycles. The van der Waals surface area contributed by atoms with Gasteiger partial charge >= 0.3 is 0 Å². The second-order valence-corrected chi connectivity index (χ2v) is 2.79. The van der Waals surface area contributed by atoms with E-state index in [1.807, 2.05) is 0 Å². The lowest BCUT2D eigenvalue weighted by atomic mass is 10.1. The van der Waals surface area contributed by atoms with Crippen molar-refractivity contribution < 1.29 is 4.79 Å². The van der Waals surface area contributed by atoms with Crippen molar-refractivity contribution in [3.05, 3.63) is 23.0 Å².